The summed E-state index contributed by atoms with van der Waals surface area (Å²) in [5, 5.41) is 4.18. The number of carbonyl (C=O) groups excluding carboxylic acids is 1. The van der Waals surface area contributed by atoms with Gasteiger partial charge in [-0.3, -0.25) is 4.79 Å². The minimum atomic E-state index is -2.81. The van der Waals surface area contributed by atoms with Gasteiger partial charge in [-0.15, -0.1) is 0 Å². The molecular formula is C51H52ClNO4Si. The number of methoxy groups -OCH3 is 1. The third kappa shape index (κ3) is 8.85. The molecule has 7 rings (SSSR count). The van der Waals surface area contributed by atoms with Crippen LogP contribution in [0.1, 0.15) is 61.2 Å². The lowest BCUT2D eigenvalue weighted by atomic mass is 9.97. The number of benzene rings is 6. The zero-order valence-corrected chi connectivity index (χ0v) is 35.6. The topological polar surface area (TPSA) is 49.7 Å². The van der Waals surface area contributed by atoms with Crippen molar-refractivity contribution in [3.8, 4) is 5.75 Å². The first-order valence-corrected chi connectivity index (χ1v) is 22.4. The Balaban J connectivity index is 1.31. The smallest absolute Gasteiger partial charge is 0.305 e. The molecule has 0 saturated heterocycles. The van der Waals surface area contributed by atoms with Crippen LogP contribution >= 0.6 is 11.6 Å². The third-order valence-corrected chi connectivity index (χ3v) is 16.4. The summed E-state index contributed by atoms with van der Waals surface area (Å²) in [4.78, 5) is 11.7. The van der Waals surface area contributed by atoms with Crippen LogP contribution in [-0.2, 0) is 33.2 Å². The monoisotopic (exact) mass is 805 g/mol. The molecule has 0 bridgehead atoms. The molecule has 58 heavy (non-hydrogen) atoms. The lowest BCUT2D eigenvalue weighted by Gasteiger charge is -2.43. The predicted molar refractivity (Wildman–Crippen MR) is 240 cm³/mol. The summed E-state index contributed by atoms with van der Waals surface area (Å²) in [6.45, 7) is 7.97. The van der Waals surface area contributed by atoms with Crippen LogP contribution in [0.5, 0.6) is 5.75 Å². The van der Waals surface area contributed by atoms with E-state index in [0.29, 0.717) is 43.9 Å². The first-order chi connectivity index (χ1) is 28.2. The van der Waals surface area contributed by atoms with E-state index in [0.717, 1.165) is 22.2 Å². The number of ether oxygens (including phenoxy) is 2. The minimum Gasteiger partial charge on any atom is -0.493 e. The van der Waals surface area contributed by atoms with Crippen molar-refractivity contribution in [3.63, 3.8) is 0 Å². The van der Waals surface area contributed by atoms with E-state index in [1.165, 1.54) is 39.9 Å². The second kappa shape index (κ2) is 18.5. The Morgan fingerprint density at radius 3 is 1.76 bits per heavy atom. The van der Waals surface area contributed by atoms with Gasteiger partial charge in [-0.1, -0.05) is 166 Å². The summed E-state index contributed by atoms with van der Waals surface area (Å²) < 4.78 is 21.3. The molecule has 0 N–H and O–H groups in total. The van der Waals surface area contributed by atoms with Crippen molar-refractivity contribution in [1.82, 2.24) is 4.57 Å². The molecule has 6 aromatic carbocycles. The molecule has 0 fully saturated rings. The van der Waals surface area contributed by atoms with E-state index < -0.39 is 8.32 Å². The number of hydrogen-bond donors (Lipinski definition) is 0. The van der Waals surface area contributed by atoms with Gasteiger partial charge in [0.05, 0.1) is 19.8 Å². The van der Waals surface area contributed by atoms with Crippen LogP contribution in [0.2, 0.25) is 10.1 Å². The Hall–Kier alpha value is -5.40. The molecule has 0 radical (unpaired) electrons. The third-order valence-electron chi connectivity index (χ3n) is 11.1. The number of nitrogens with zero attached hydrogens (tertiary/aromatic N) is 1. The largest absolute Gasteiger partial charge is 0.493 e. The van der Waals surface area contributed by atoms with E-state index >= 15 is 0 Å². The maximum atomic E-state index is 11.7. The van der Waals surface area contributed by atoms with Crippen molar-refractivity contribution in [2.24, 2.45) is 0 Å². The summed E-state index contributed by atoms with van der Waals surface area (Å²) in [5.41, 5.74) is 6.98. The van der Waals surface area contributed by atoms with Crippen LogP contribution in [0.4, 0.5) is 0 Å². The van der Waals surface area contributed by atoms with Gasteiger partial charge in [0, 0.05) is 47.5 Å². The Bertz CT molecular complexity index is 2310. The van der Waals surface area contributed by atoms with Gasteiger partial charge in [0.15, 0.2) is 0 Å². The van der Waals surface area contributed by atoms with Crippen LogP contribution in [-0.4, -0.2) is 39.2 Å². The number of rotatable bonds is 16. The summed E-state index contributed by atoms with van der Waals surface area (Å²) >= 11 is 6.83. The maximum Gasteiger partial charge on any atom is 0.305 e. The fourth-order valence-electron chi connectivity index (χ4n) is 8.45. The van der Waals surface area contributed by atoms with E-state index in [9.17, 15) is 4.79 Å². The van der Waals surface area contributed by atoms with Crippen LogP contribution in [0, 0.1) is 0 Å². The SMILES string of the molecule is COC(=O)CCc1ccc(OCCc2c(CCO[Si](c3ccccc3)(c3ccccc3)C(C)(C)C)n(C(c3ccccc3)c3ccccc3)c3ccc(Cl)cc23)cc1. The number of aryl methyl sites for hydroxylation is 1. The fraction of sp³-hybridized carbons (Fsp3) is 0.235. The molecular weight excluding hydrogens is 754 g/mol. The standard InChI is InChI=1S/C51H52ClNO4Si/c1-51(2,3)58(43-21-13-7-14-22-43,44-23-15-8-16-24-44)57-36-34-48-45(33-35-56-42-29-25-38(26-30-42)27-32-49(54)55-4)46-37-41(52)28-31-47(46)53(48)50(39-17-9-5-10-18-39)40-19-11-6-12-20-40/h5-26,28-31,37,50H,27,32-36H2,1-4H3. The molecule has 0 amide bonds. The number of hydrogen-bond acceptors (Lipinski definition) is 4. The molecule has 0 saturated carbocycles. The Morgan fingerprint density at radius 2 is 1.22 bits per heavy atom. The van der Waals surface area contributed by atoms with Crippen molar-refractivity contribution >= 4 is 47.2 Å². The average Bonchev–Trinajstić information content (AvgIpc) is 3.54. The number of aromatic nitrogens is 1. The van der Waals surface area contributed by atoms with E-state index in [4.69, 9.17) is 25.5 Å². The number of fused-ring (bicyclic) bond motifs is 1. The zero-order chi connectivity index (χ0) is 40.5. The zero-order valence-electron chi connectivity index (χ0n) is 33.9. The van der Waals surface area contributed by atoms with Gasteiger partial charge in [0.2, 0.25) is 0 Å². The second-order valence-electron chi connectivity index (χ2n) is 15.8. The van der Waals surface area contributed by atoms with Crippen molar-refractivity contribution in [2.45, 2.75) is 57.5 Å². The minimum absolute atomic E-state index is 0.0962. The summed E-state index contributed by atoms with van der Waals surface area (Å²) in [6.07, 6.45) is 2.31. The van der Waals surface area contributed by atoms with E-state index in [2.05, 4.69) is 159 Å². The molecule has 0 aliphatic heterocycles. The second-order valence-corrected chi connectivity index (χ2v) is 20.5. The van der Waals surface area contributed by atoms with Crippen molar-refractivity contribution < 1.29 is 18.7 Å². The average molecular weight is 807 g/mol. The molecule has 0 aliphatic carbocycles. The highest BCUT2D eigenvalue weighted by Crippen LogP contribution is 2.40. The molecule has 0 atom stereocenters. The van der Waals surface area contributed by atoms with E-state index in [-0.39, 0.29) is 17.0 Å². The highest BCUT2D eigenvalue weighted by atomic mass is 35.5. The van der Waals surface area contributed by atoms with Gasteiger partial charge in [-0.2, -0.15) is 0 Å². The summed E-state index contributed by atoms with van der Waals surface area (Å²) in [5.74, 6) is 0.570. The van der Waals surface area contributed by atoms with E-state index in [1.807, 2.05) is 30.3 Å². The predicted octanol–water partition coefficient (Wildman–Crippen LogP) is 10.8. The highest BCUT2D eigenvalue weighted by molar-refractivity contribution is 6.99. The Kier molecular flexibility index (Phi) is 13.0. The van der Waals surface area contributed by atoms with Crippen molar-refractivity contribution in [1.29, 1.82) is 0 Å². The first-order valence-electron chi connectivity index (χ1n) is 20.1. The molecule has 0 spiro atoms. The van der Waals surface area contributed by atoms with Gasteiger partial charge < -0.3 is 18.5 Å². The Morgan fingerprint density at radius 1 is 0.672 bits per heavy atom. The number of halogens is 1. The summed E-state index contributed by atoms with van der Waals surface area (Å²) in [7, 11) is -1.39. The highest BCUT2D eigenvalue weighted by Gasteiger charge is 2.50. The molecule has 1 aromatic heterocycles. The van der Waals surface area contributed by atoms with Crippen molar-refractivity contribution in [2.75, 3.05) is 20.3 Å². The van der Waals surface area contributed by atoms with Crippen LogP contribution < -0.4 is 15.1 Å². The normalized spacial score (nSPS) is 11.9. The summed E-state index contributed by atoms with van der Waals surface area (Å²) in [6, 6.07) is 57.4. The lowest BCUT2D eigenvalue weighted by Crippen LogP contribution is -2.66. The van der Waals surface area contributed by atoms with Gasteiger partial charge in [-0.25, -0.2) is 0 Å². The molecule has 296 valence electrons. The van der Waals surface area contributed by atoms with Gasteiger partial charge in [0.25, 0.3) is 8.32 Å². The Labute approximate surface area is 349 Å². The maximum absolute atomic E-state index is 11.7. The molecule has 7 aromatic rings. The molecule has 7 heteroatoms. The molecule has 0 aliphatic rings. The lowest BCUT2D eigenvalue weighted by molar-refractivity contribution is -0.140. The fourth-order valence-corrected chi connectivity index (χ4v) is 13.2. The van der Waals surface area contributed by atoms with Gasteiger partial charge >= 0.3 is 5.97 Å². The first kappa shape index (κ1) is 40.8. The van der Waals surface area contributed by atoms with Crippen LogP contribution in [0.3, 0.4) is 0 Å². The molecule has 5 nitrogen and oxygen atoms in total. The number of carbonyl (C=O) groups is 1. The molecule has 1 heterocycles. The molecule has 0 unspecified atom stereocenters. The van der Waals surface area contributed by atoms with Crippen LogP contribution in [0.25, 0.3) is 10.9 Å². The van der Waals surface area contributed by atoms with E-state index in [1.54, 1.807) is 0 Å². The number of esters is 1. The van der Waals surface area contributed by atoms with Crippen molar-refractivity contribution in [3.05, 3.63) is 197 Å². The quantitative estimate of drug-likeness (QED) is 0.0721. The van der Waals surface area contributed by atoms with Crippen LogP contribution in [0.15, 0.2) is 164 Å². The van der Waals surface area contributed by atoms with Gasteiger partial charge in [0.1, 0.15) is 5.75 Å². The van der Waals surface area contributed by atoms with Gasteiger partial charge in [-0.05, 0) is 74.4 Å².